The van der Waals surface area contributed by atoms with Crippen molar-refractivity contribution in [3.8, 4) is 41.9 Å². The van der Waals surface area contributed by atoms with Crippen LogP contribution in [0, 0.1) is 42.4 Å². The summed E-state index contributed by atoms with van der Waals surface area (Å²) in [5.74, 6) is 8.90. The minimum absolute atomic E-state index is 0.157. The number of amides is 1. The summed E-state index contributed by atoms with van der Waals surface area (Å²) >= 11 is 8.05. The highest BCUT2D eigenvalue weighted by molar-refractivity contribution is 9.09. The van der Waals surface area contributed by atoms with Crippen molar-refractivity contribution in [2.24, 2.45) is 23.5 Å². The van der Waals surface area contributed by atoms with E-state index in [1.165, 1.54) is 5.56 Å². The van der Waals surface area contributed by atoms with Crippen molar-refractivity contribution in [2.45, 2.75) is 64.5 Å². The van der Waals surface area contributed by atoms with Gasteiger partial charge in [-0.25, -0.2) is 0 Å². The highest BCUT2D eigenvalue weighted by Gasteiger charge is 2.33. The van der Waals surface area contributed by atoms with Gasteiger partial charge in [-0.3, -0.25) is 14.4 Å². The maximum atomic E-state index is 12.0. The molecule has 3 aliphatic rings. The van der Waals surface area contributed by atoms with Crippen LogP contribution in [0.15, 0.2) is 72.8 Å². The van der Waals surface area contributed by atoms with E-state index in [9.17, 15) is 14.4 Å². The molecule has 3 fully saturated rings. The second-order valence-electron chi connectivity index (χ2n) is 12.6. The number of carbonyl (C=O) groups is 3. The number of carbonyl (C=O) groups excluding carboxylic acids is 3. The molecule has 0 spiro atoms. The third-order valence-electron chi connectivity index (χ3n) is 8.27. The van der Waals surface area contributed by atoms with Gasteiger partial charge in [0.2, 0.25) is 11.1 Å². The predicted octanol–water partition coefficient (Wildman–Crippen LogP) is 8.00. The molecule has 0 aliphatic heterocycles. The molecule has 3 aromatic carbocycles. The zero-order valence-corrected chi connectivity index (χ0v) is 33.4. The molecule has 0 saturated heterocycles. The summed E-state index contributed by atoms with van der Waals surface area (Å²) < 4.78 is 15.2. The molecular weight excluding hydrogens is 756 g/mol. The van der Waals surface area contributed by atoms with E-state index in [1.807, 2.05) is 72.8 Å². The largest absolute Gasteiger partial charge is 0.497 e. The molecule has 2 N–H and O–H groups in total. The summed E-state index contributed by atoms with van der Waals surface area (Å²) in [5.41, 5.74) is 8.81. The number of terminal acetylenes is 2. The van der Waals surface area contributed by atoms with E-state index in [0.717, 1.165) is 73.3 Å². The van der Waals surface area contributed by atoms with Crippen LogP contribution in [0.5, 0.6) is 17.2 Å². The summed E-state index contributed by atoms with van der Waals surface area (Å²) in [6, 6.07) is 23.4. The Morgan fingerprint density at radius 2 is 1.13 bits per heavy atom. The molecule has 3 aliphatic carbocycles. The average molecular weight is 808 g/mol. The third-order valence-corrected chi connectivity index (χ3v) is 8.91. The summed E-state index contributed by atoms with van der Waals surface area (Å²) in [6.07, 6.45) is 17.9. The average Bonchev–Trinajstić information content (AvgIpc) is 4.02. The van der Waals surface area contributed by atoms with Gasteiger partial charge in [0, 0.05) is 37.3 Å². The van der Waals surface area contributed by atoms with E-state index in [-0.39, 0.29) is 23.0 Å². The first-order valence-corrected chi connectivity index (χ1v) is 19.1. The molecule has 3 saturated carbocycles. The maximum Gasteiger partial charge on any atom is 0.226 e. The SMILES string of the molecule is C#CCBr.C#CCN(Cc1ccc(OC)cc1)C(=O)C1CC1.COc1ccc(CCC(=O)C2CC2)cc1.COc1ccc(CN)cc1.O=C(Cl)C1CC1. The van der Waals surface area contributed by atoms with E-state index in [2.05, 4.69) is 27.8 Å². The Morgan fingerprint density at radius 3 is 1.45 bits per heavy atom. The van der Waals surface area contributed by atoms with Gasteiger partial charge in [0.25, 0.3) is 0 Å². The molecule has 0 radical (unpaired) electrons. The number of Topliss-reactive ketones (excluding diaryl/α,β-unsaturated/α-hetero) is 1. The number of hydrogen-bond acceptors (Lipinski definition) is 7. The number of hydrogen-bond donors (Lipinski definition) is 1. The zero-order valence-electron chi connectivity index (χ0n) is 31.0. The van der Waals surface area contributed by atoms with Crippen LogP contribution in [0.4, 0.5) is 0 Å². The van der Waals surface area contributed by atoms with Crippen LogP contribution < -0.4 is 19.9 Å². The Bertz CT molecular complexity index is 1580. The fourth-order valence-corrected chi connectivity index (χ4v) is 4.82. The Kier molecular flexibility index (Phi) is 21.7. The lowest BCUT2D eigenvalue weighted by Crippen LogP contribution is -2.32. The van der Waals surface area contributed by atoms with Gasteiger partial charge in [-0.1, -0.05) is 64.2 Å². The topological polar surface area (TPSA) is 108 Å². The molecule has 3 aromatic rings. The van der Waals surface area contributed by atoms with Crippen molar-refractivity contribution in [1.82, 2.24) is 4.90 Å². The Balaban J connectivity index is 0.000000249. The molecule has 6 rings (SSSR count). The molecule has 0 aromatic heterocycles. The van der Waals surface area contributed by atoms with Crippen molar-refractivity contribution >= 4 is 44.5 Å². The minimum Gasteiger partial charge on any atom is -0.497 e. The molecule has 0 bridgehead atoms. The lowest BCUT2D eigenvalue weighted by Gasteiger charge is -2.20. The van der Waals surface area contributed by atoms with Crippen molar-refractivity contribution < 1.29 is 28.6 Å². The van der Waals surface area contributed by atoms with Crippen LogP contribution in [0.2, 0.25) is 0 Å². The number of ketones is 1. The minimum atomic E-state index is -0.157. The van der Waals surface area contributed by atoms with Gasteiger partial charge in [0.05, 0.1) is 33.2 Å². The molecule has 0 unspecified atom stereocenters. The monoisotopic (exact) mass is 806 g/mol. The summed E-state index contributed by atoms with van der Waals surface area (Å²) in [7, 11) is 4.94. The highest BCUT2D eigenvalue weighted by atomic mass is 79.9. The van der Waals surface area contributed by atoms with Crippen molar-refractivity contribution in [3.63, 3.8) is 0 Å². The molecule has 284 valence electrons. The number of benzene rings is 3. The van der Waals surface area contributed by atoms with Crippen molar-refractivity contribution in [3.05, 3.63) is 89.5 Å². The number of nitrogens with zero attached hydrogens (tertiary/aromatic N) is 1. The first-order chi connectivity index (χ1) is 25.6. The van der Waals surface area contributed by atoms with Crippen molar-refractivity contribution in [2.75, 3.05) is 33.2 Å². The van der Waals surface area contributed by atoms with E-state index in [4.69, 9.17) is 44.4 Å². The fourth-order valence-electron chi connectivity index (χ4n) is 4.60. The number of nitrogens with two attached hydrogens (primary N) is 1. The van der Waals surface area contributed by atoms with E-state index in [0.29, 0.717) is 43.1 Å². The molecular formula is C43H52BrClN2O6. The second kappa shape index (κ2) is 25.7. The van der Waals surface area contributed by atoms with E-state index < -0.39 is 0 Å². The molecule has 8 nitrogen and oxygen atoms in total. The summed E-state index contributed by atoms with van der Waals surface area (Å²) in [6.45, 7) is 1.54. The van der Waals surface area contributed by atoms with Gasteiger partial charge in [-0.2, -0.15) is 0 Å². The van der Waals surface area contributed by atoms with Gasteiger partial charge in [-0.05, 0) is 110 Å². The van der Waals surface area contributed by atoms with Crippen molar-refractivity contribution in [1.29, 1.82) is 0 Å². The first kappa shape index (κ1) is 44.9. The standard InChI is InChI=1S/C15H17NO2.C13H16O2.C8H11NO.C4H5ClO.C3H3Br/c1-3-10-16(15(17)13-6-7-13)11-12-4-8-14(18-2)9-5-12;1-15-12-7-2-10(3-8-12)4-9-13(14)11-5-6-11;1-10-8-4-2-7(6-9)3-5-8;5-4(6)3-1-2-3;1-2-3-4/h1,4-5,8-9,13H,6-7,10-11H2,2H3;2-3,7-8,11H,4-6,9H2,1H3;2-5H,6,9H2,1H3;3H,1-2H2;1H,3H2. The maximum absolute atomic E-state index is 12.0. The van der Waals surface area contributed by atoms with Gasteiger partial charge in [0.1, 0.15) is 23.0 Å². The Labute approximate surface area is 329 Å². The van der Waals surface area contributed by atoms with Gasteiger partial charge in [-0.15, -0.1) is 12.8 Å². The molecule has 0 atom stereocenters. The van der Waals surface area contributed by atoms with Crippen LogP contribution >= 0.6 is 27.5 Å². The molecule has 0 heterocycles. The Morgan fingerprint density at radius 1 is 0.717 bits per heavy atom. The number of aryl methyl sites for hydroxylation is 1. The van der Waals surface area contributed by atoms with Crippen LogP contribution in [0.3, 0.4) is 0 Å². The van der Waals surface area contributed by atoms with Crippen LogP contribution in [-0.2, 0) is 33.9 Å². The van der Waals surface area contributed by atoms with E-state index in [1.54, 1.807) is 26.2 Å². The second-order valence-corrected chi connectivity index (χ2v) is 13.5. The number of rotatable bonds is 13. The predicted molar refractivity (Wildman–Crippen MR) is 216 cm³/mol. The third kappa shape index (κ3) is 19.4. The van der Waals surface area contributed by atoms with E-state index >= 15 is 0 Å². The summed E-state index contributed by atoms with van der Waals surface area (Å²) in [4.78, 5) is 35.2. The zero-order chi connectivity index (χ0) is 39.0. The molecule has 1 amide bonds. The van der Waals surface area contributed by atoms with Gasteiger partial charge < -0.3 is 24.8 Å². The normalized spacial score (nSPS) is 13.4. The smallest absolute Gasteiger partial charge is 0.226 e. The number of methoxy groups -OCH3 is 3. The number of alkyl halides is 1. The number of ether oxygens (including phenoxy) is 3. The van der Waals surface area contributed by atoms with Crippen LogP contribution in [0.1, 0.15) is 61.6 Å². The molecule has 10 heteroatoms. The van der Waals surface area contributed by atoms with Crippen LogP contribution in [0.25, 0.3) is 0 Å². The number of halogens is 2. The first-order valence-electron chi connectivity index (χ1n) is 17.6. The van der Waals surface area contributed by atoms with Gasteiger partial charge in [0.15, 0.2) is 0 Å². The lowest BCUT2D eigenvalue weighted by atomic mass is 10.1. The summed E-state index contributed by atoms with van der Waals surface area (Å²) in [5, 5.41) is 0.502. The van der Waals surface area contributed by atoms with Gasteiger partial charge >= 0.3 is 0 Å². The fraction of sp³-hybridized carbons (Fsp3) is 0.419. The Hall–Kier alpha value is -4.28. The quantitative estimate of drug-likeness (QED) is 0.106. The highest BCUT2D eigenvalue weighted by Crippen LogP contribution is 2.32. The molecule has 53 heavy (non-hydrogen) atoms. The van der Waals surface area contributed by atoms with Crippen LogP contribution in [-0.4, -0.2) is 55.0 Å². The lowest BCUT2D eigenvalue weighted by molar-refractivity contribution is -0.132.